The van der Waals surface area contributed by atoms with Crippen LogP contribution in [-0.2, 0) is 9.59 Å². The number of halogens is 3. The van der Waals surface area contributed by atoms with E-state index in [-0.39, 0.29) is 29.2 Å². The number of aromatic nitrogens is 3. The lowest BCUT2D eigenvalue weighted by Crippen LogP contribution is -2.17. The molecule has 0 radical (unpaired) electrons. The fourth-order valence-corrected chi connectivity index (χ4v) is 3.98. The molecule has 2 aromatic carbocycles. The van der Waals surface area contributed by atoms with Crippen LogP contribution in [0.3, 0.4) is 0 Å². The third-order valence-electron chi connectivity index (χ3n) is 4.73. The normalized spacial score (nSPS) is 13.4. The Balaban J connectivity index is 1.44. The van der Waals surface area contributed by atoms with Crippen molar-refractivity contribution >= 4 is 35.0 Å². The molecule has 1 heterocycles. The van der Waals surface area contributed by atoms with Crippen molar-refractivity contribution in [3.8, 4) is 11.4 Å². The van der Waals surface area contributed by atoms with Gasteiger partial charge in [-0.3, -0.25) is 14.2 Å². The number of thioether (sulfide) groups is 1. The third kappa shape index (κ3) is 6.28. The van der Waals surface area contributed by atoms with Gasteiger partial charge in [0.1, 0.15) is 11.6 Å². The molecule has 34 heavy (non-hydrogen) atoms. The lowest BCUT2D eigenvalue weighted by Gasteiger charge is -2.12. The van der Waals surface area contributed by atoms with Crippen LogP contribution in [0.5, 0.6) is 5.75 Å². The van der Waals surface area contributed by atoms with Crippen LogP contribution >= 0.6 is 11.8 Å². The first-order chi connectivity index (χ1) is 16.2. The summed E-state index contributed by atoms with van der Waals surface area (Å²) in [5.41, 5.74) is 1.73. The number of benzene rings is 2. The van der Waals surface area contributed by atoms with Crippen molar-refractivity contribution < 1.29 is 27.5 Å². The van der Waals surface area contributed by atoms with Crippen LogP contribution in [0.4, 0.5) is 24.5 Å². The second kappa shape index (κ2) is 9.75. The number of amides is 2. The topological polar surface area (TPSA) is 98.1 Å². The molecule has 1 aliphatic rings. The highest BCUT2D eigenvalue weighted by molar-refractivity contribution is 7.99. The van der Waals surface area contributed by atoms with E-state index in [0.717, 1.165) is 36.5 Å². The van der Waals surface area contributed by atoms with Gasteiger partial charge in [0.25, 0.3) is 0 Å². The Morgan fingerprint density at radius 3 is 2.47 bits per heavy atom. The molecular weight excluding hydrogens is 471 g/mol. The maximum Gasteiger partial charge on any atom is 0.573 e. The highest BCUT2D eigenvalue weighted by Crippen LogP contribution is 2.41. The molecule has 0 unspecified atom stereocenters. The van der Waals surface area contributed by atoms with E-state index in [9.17, 15) is 22.8 Å². The number of ether oxygens (including phenoxy) is 1. The second-order valence-corrected chi connectivity index (χ2v) is 8.53. The molecule has 0 bridgehead atoms. The Kier molecular flexibility index (Phi) is 6.77. The fourth-order valence-electron chi connectivity index (χ4n) is 3.22. The lowest BCUT2D eigenvalue weighted by atomic mass is 10.2. The number of nitrogens with one attached hydrogen (secondary N) is 2. The van der Waals surface area contributed by atoms with E-state index in [1.165, 1.54) is 30.8 Å². The van der Waals surface area contributed by atoms with E-state index in [4.69, 9.17) is 0 Å². The second-order valence-electron chi connectivity index (χ2n) is 7.59. The largest absolute Gasteiger partial charge is 0.573 e. The zero-order valence-corrected chi connectivity index (χ0v) is 18.7. The van der Waals surface area contributed by atoms with Gasteiger partial charge in [0.05, 0.1) is 11.4 Å². The summed E-state index contributed by atoms with van der Waals surface area (Å²) in [7, 11) is 0. The lowest BCUT2D eigenvalue weighted by molar-refractivity contribution is -0.274. The average Bonchev–Trinajstić information content (AvgIpc) is 3.51. The molecule has 8 nitrogen and oxygen atoms in total. The van der Waals surface area contributed by atoms with Gasteiger partial charge in [-0.1, -0.05) is 17.8 Å². The van der Waals surface area contributed by atoms with E-state index < -0.39 is 6.36 Å². The summed E-state index contributed by atoms with van der Waals surface area (Å²) >= 11 is 1.18. The van der Waals surface area contributed by atoms with Crippen LogP contribution in [0.1, 0.15) is 31.5 Å². The number of nitrogens with zero attached hydrogens (tertiary/aromatic N) is 3. The molecule has 0 spiro atoms. The predicted molar refractivity (Wildman–Crippen MR) is 120 cm³/mol. The van der Waals surface area contributed by atoms with Gasteiger partial charge in [0.2, 0.25) is 11.8 Å². The number of alkyl halides is 3. The number of carbonyl (C=O) groups excluding carboxylic acids is 2. The molecule has 2 amide bonds. The number of rotatable bonds is 8. The quantitative estimate of drug-likeness (QED) is 0.442. The molecule has 178 valence electrons. The van der Waals surface area contributed by atoms with Gasteiger partial charge in [-0.15, -0.1) is 23.4 Å². The average molecular weight is 491 g/mol. The maximum absolute atomic E-state index is 12.4. The number of hydrogen-bond acceptors (Lipinski definition) is 6. The van der Waals surface area contributed by atoms with E-state index >= 15 is 0 Å². The fraction of sp³-hybridized carbons (Fsp3) is 0.273. The summed E-state index contributed by atoms with van der Waals surface area (Å²) in [5, 5.41) is 14.5. The van der Waals surface area contributed by atoms with E-state index in [0.29, 0.717) is 16.5 Å². The molecule has 1 aromatic heterocycles. The van der Waals surface area contributed by atoms with Gasteiger partial charge in [-0.05, 0) is 55.3 Å². The molecule has 12 heteroatoms. The Morgan fingerprint density at radius 2 is 1.82 bits per heavy atom. The minimum absolute atomic E-state index is 0.00892. The summed E-state index contributed by atoms with van der Waals surface area (Å²) in [5.74, 6) is 0.175. The first-order valence-electron chi connectivity index (χ1n) is 10.3. The summed E-state index contributed by atoms with van der Waals surface area (Å²) < 4.78 is 42.5. The van der Waals surface area contributed by atoms with Crippen molar-refractivity contribution in [3.63, 3.8) is 0 Å². The van der Waals surface area contributed by atoms with Gasteiger partial charge in [-0.2, -0.15) is 0 Å². The summed E-state index contributed by atoms with van der Waals surface area (Å²) in [4.78, 5) is 23.8. The highest BCUT2D eigenvalue weighted by atomic mass is 32.2. The van der Waals surface area contributed by atoms with Crippen molar-refractivity contribution in [1.82, 2.24) is 14.8 Å². The summed E-state index contributed by atoms with van der Waals surface area (Å²) in [6.45, 7) is 1.43. The number of hydrogen-bond donors (Lipinski definition) is 2. The van der Waals surface area contributed by atoms with Crippen molar-refractivity contribution in [1.29, 1.82) is 0 Å². The van der Waals surface area contributed by atoms with Crippen LogP contribution < -0.4 is 15.4 Å². The molecule has 1 aliphatic carbocycles. The molecule has 4 rings (SSSR count). The molecule has 1 fully saturated rings. The molecule has 0 aliphatic heterocycles. The monoisotopic (exact) mass is 491 g/mol. The molecular formula is C22H20F3N5O3S. The first kappa shape index (κ1) is 23.6. The molecule has 1 saturated carbocycles. The van der Waals surface area contributed by atoms with Crippen LogP contribution in [-0.4, -0.2) is 38.7 Å². The Labute approximate surface area is 196 Å². The summed E-state index contributed by atoms with van der Waals surface area (Å²) in [6.07, 6.45) is -2.77. The van der Waals surface area contributed by atoms with Gasteiger partial charge in [0, 0.05) is 24.2 Å². The zero-order chi connectivity index (χ0) is 24.3. The smallest absolute Gasteiger partial charge is 0.406 e. The van der Waals surface area contributed by atoms with Crippen LogP contribution in [0.2, 0.25) is 0 Å². The molecule has 2 N–H and O–H groups in total. The first-order valence-corrected chi connectivity index (χ1v) is 11.3. The highest BCUT2D eigenvalue weighted by Gasteiger charge is 2.32. The Hall–Kier alpha value is -3.54. The van der Waals surface area contributed by atoms with E-state index in [1.54, 1.807) is 6.07 Å². The van der Waals surface area contributed by atoms with Crippen molar-refractivity contribution in [3.05, 3.63) is 54.4 Å². The van der Waals surface area contributed by atoms with E-state index in [2.05, 4.69) is 25.6 Å². The number of anilines is 2. The van der Waals surface area contributed by atoms with Crippen LogP contribution in [0.15, 0.2) is 53.7 Å². The van der Waals surface area contributed by atoms with E-state index in [1.807, 2.05) is 22.8 Å². The minimum atomic E-state index is -4.78. The minimum Gasteiger partial charge on any atom is -0.406 e. The molecule has 3 aromatic rings. The third-order valence-corrected chi connectivity index (χ3v) is 5.66. The predicted octanol–water partition coefficient (Wildman–Crippen LogP) is 4.73. The number of carbonyl (C=O) groups is 2. The van der Waals surface area contributed by atoms with Crippen LogP contribution in [0, 0.1) is 0 Å². The zero-order valence-electron chi connectivity index (χ0n) is 17.9. The van der Waals surface area contributed by atoms with Gasteiger partial charge >= 0.3 is 6.36 Å². The van der Waals surface area contributed by atoms with Crippen LogP contribution in [0.25, 0.3) is 5.69 Å². The van der Waals surface area contributed by atoms with Crippen molar-refractivity contribution in [2.45, 2.75) is 37.2 Å². The SMILES string of the molecule is CC(=O)Nc1cccc(-n2c(SCC(=O)Nc3ccc(OC(F)(F)F)cc3)nnc2C2CC2)c1. The molecule has 0 saturated heterocycles. The van der Waals surface area contributed by atoms with Crippen molar-refractivity contribution in [2.24, 2.45) is 0 Å². The maximum atomic E-state index is 12.4. The summed E-state index contributed by atoms with van der Waals surface area (Å²) in [6, 6.07) is 12.2. The standard InChI is InChI=1S/C22H20F3N5O3S/c1-13(31)26-16-3-2-4-17(11-16)30-20(14-5-6-14)28-29-21(30)34-12-19(32)27-15-7-9-18(10-8-15)33-22(23,24)25/h2-4,7-11,14H,5-6,12H2,1H3,(H,26,31)(H,27,32). The van der Waals surface area contributed by atoms with Crippen molar-refractivity contribution in [2.75, 3.05) is 16.4 Å². The Morgan fingerprint density at radius 1 is 1.09 bits per heavy atom. The van der Waals surface area contributed by atoms with Gasteiger partial charge in [0.15, 0.2) is 5.16 Å². The molecule has 0 atom stereocenters. The Bertz CT molecular complexity index is 1190. The van der Waals surface area contributed by atoms with Gasteiger partial charge < -0.3 is 15.4 Å². The van der Waals surface area contributed by atoms with Gasteiger partial charge in [-0.25, -0.2) is 0 Å².